The van der Waals surface area contributed by atoms with Gasteiger partial charge in [-0.1, -0.05) is 13.3 Å². The van der Waals surface area contributed by atoms with Crippen molar-refractivity contribution in [3.05, 3.63) is 0 Å². The Bertz CT molecular complexity index is 280. The fraction of sp³-hybridized carbons (Fsp3) is 0.833. The Morgan fingerprint density at radius 1 is 1.35 bits per heavy atom. The lowest BCUT2D eigenvalue weighted by molar-refractivity contribution is -0.142. The quantitative estimate of drug-likeness (QED) is 0.750. The molecule has 0 bridgehead atoms. The Balaban J connectivity index is 2.43. The second-order valence-corrected chi connectivity index (χ2v) is 4.64. The molecule has 0 aromatic heterocycles. The number of hydrogen-bond acceptors (Lipinski definition) is 3. The van der Waals surface area contributed by atoms with E-state index < -0.39 is 5.97 Å². The largest absolute Gasteiger partial charge is 0.481 e. The minimum atomic E-state index is -0.944. The lowest BCUT2D eigenvalue weighted by atomic mass is 9.90. The summed E-state index contributed by atoms with van der Waals surface area (Å²) in [6.45, 7) is 3.16. The molecule has 0 spiro atoms. The van der Waals surface area contributed by atoms with Gasteiger partial charge in [0.05, 0.1) is 12.5 Å². The third-order valence-corrected chi connectivity index (χ3v) is 3.26. The maximum atomic E-state index is 11.7. The fourth-order valence-electron chi connectivity index (χ4n) is 2.27. The number of hydrogen-bond donors (Lipinski definition) is 2. The highest BCUT2D eigenvalue weighted by molar-refractivity contribution is 5.80. The van der Waals surface area contributed by atoms with Crippen molar-refractivity contribution in [2.24, 2.45) is 5.92 Å². The summed E-state index contributed by atoms with van der Waals surface area (Å²) in [4.78, 5) is 23.8. The third-order valence-electron chi connectivity index (χ3n) is 3.26. The molecule has 1 saturated heterocycles. The molecule has 0 radical (unpaired) electrons. The van der Waals surface area contributed by atoms with Gasteiger partial charge in [0, 0.05) is 25.4 Å². The predicted molar refractivity (Wildman–Crippen MR) is 62.5 cm³/mol. The number of carboxylic acids is 1. The molecule has 0 aromatic rings. The highest BCUT2D eigenvalue weighted by Gasteiger charge is 2.29. The van der Waals surface area contributed by atoms with Crippen molar-refractivity contribution in [3.63, 3.8) is 0 Å². The minimum Gasteiger partial charge on any atom is -0.481 e. The minimum absolute atomic E-state index is 0.0598. The van der Waals surface area contributed by atoms with Gasteiger partial charge >= 0.3 is 5.97 Å². The smallest absolute Gasteiger partial charge is 0.303 e. The Kier molecular flexibility index (Phi) is 5.41. The molecule has 1 aliphatic rings. The summed E-state index contributed by atoms with van der Waals surface area (Å²) in [5.41, 5.74) is 0. The normalized spacial score (nSPS) is 24.7. The molecular weight excluding hydrogens is 222 g/mol. The van der Waals surface area contributed by atoms with E-state index in [-0.39, 0.29) is 30.8 Å². The van der Waals surface area contributed by atoms with Crippen molar-refractivity contribution in [2.45, 2.75) is 45.1 Å². The number of piperidine rings is 1. The van der Waals surface area contributed by atoms with Crippen molar-refractivity contribution in [2.75, 3.05) is 13.1 Å². The zero-order valence-corrected chi connectivity index (χ0v) is 10.3. The van der Waals surface area contributed by atoms with Gasteiger partial charge in [-0.05, 0) is 12.8 Å². The summed E-state index contributed by atoms with van der Waals surface area (Å²) in [6.07, 6.45) is 2.12. The van der Waals surface area contributed by atoms with Crippen LogP contribution in [-0.2, 0) is 9.59 Å². The molecule has 17 heavy (non-hydrogen) atoms. The molecule has 0 saturated carbocycles. The van der Waals surface area contributed by atoms with Crippen LogP contribution in [0.5, 0.6) is 0 Å². The fourth-order valence-corrected chi connectivity index (χ4v) is 2.27. The Hall–Kier alpha value is -1.10. The molecule has 1 aliphatic heterocycles. The first-order chi connectivity index (χ1) is 8.04. The van der Waals surface area contributed by atoms with Gasteiger partial charge in [0.15, 0.2) is 0 Å². The van der Waals surface area contributed by atoms with Crippen LogP contribution < -0.4 is 0 Å². The van der Waals surface area contributed by atoms with E-state index in [1.807, 2.05) is 0 Å². The standard InChI is InChI=1S/C12H21NO4/c1-2-3-9-8-13(7-6-10(9)14)11(15)4-5-12(16)17/h9-10,14H,2-8H2,1H3,(H,16,17)/t9-,10-/m0/s1. The summed E-state index contributed by atoms with van der Waals surface area (Å²) in [7, 11) is 0. The molecule has 5 heteroatoms. The summed E-state index contributed by atoms with van der Waals surface area (Å²) >= 11 is 0. The van der Waals surface area contributed by atoms with Crippen LogP contribution >= 0.6 is 0 Å². The lowest BCUT2D eigenvalue weighted by Crippen LogP contribution is -2.46. The van der Waals surface area contributed by atoms with Crippen molar-refractivity contribution in [1.29, 1.82) is 0 Å². The number of carbonyl (C=O) groups is 2. The highest BCUT2D eigenvalue weighted by atomic mass is 16.4. The van der Waals surface area contributed by atoms with E-state index in [0.717, 1.165) is 12.8 Å². The molecule has 2 atom stereocenters. The van der Waals surface area contributed by atoms with E-state index >= 15 is 0 Å². The van der Waals surface area contributed by atoms with Crippen molar-refractivity contribution < 1.29 is 19.8 Å². The number of aliphatic hydroxyl groups is 1. The van der Waals surface area contributed by atoms with E-state index in [0.29, 0.717) is 19.5 Å². The first-order valence-corrected chi connectivity index (χ1v) is 6.22. The number of aliphatic carboxylic acids is 1. The molecule has 5 nitrogen and oxygen atoms in total. The van der Waals surface area contributed by atoms with Gasteiger partial charge in [-0.25, -0.2) is 0 Å². The van der Waals surface area contributed by atoms with Gasteiger partial charge in [0.1, 0.15) is 0 Å². The Morgan fingerprint density at radius 3 is 2.65 bits per heavy atom. The van der Waals surface area contributed by atoms with Gasteiger partial charge in [0.25, 0.3) is 0 Å². The first kappa shape index (κ1) is 14.0. The SMILES string of the molecule is CCC[C@H]1CN(C(=O)CCC(=O)O)CC[C@@H]1O. The summed E-state index contributed by atoms with van der Waals surface area (Å²) in [5.74, 6) is -0.913. The number of carboxylic acid groups (broad SMARTS) is 1. The first-order valence-electron chi connectivity index (χ1n) is 6.22. The maximum Gasteiger partial charge on any atom is 0.303 e. The predicted octanol–water partition coefficient (Wildman–Crippen LogP) is 0.861. The van der Waals surface area contributed by atoms with Crippen LogP contribution in [0.2, 0.25) is 0 Å². The number of amides is 1. The summed E-state index contributed by atoms with van der Waals surface area (Å²) in [6, 6.07) is 0. The van der Waals surface area contributed by atoms with E-state index in [2.05, 4.69) is 6.92 Å². The molecule has 1 amide bonds. The Labute approximate surface area is 101 Å². The second-order valence-electron chi connectivity index (χ2n) is 4.64. The Morgan fingerprint density at radius 2 is 2.06 bits per heavy atom. The average molecular weight is 243 g/mol. The monoisotopic (exact) mass is 243 g/mol. The molecule has 98 valence electrons. The van der Waals surface area contributed by atoms with Gasteiger partial charge in [-0.2, -0.15) is 0 Å². The van der Waals surface area contributed by atoms with Gasteiger partial charge < -0.3 is 15.1 Å². The lowest BCUT2D eigenvalue weighted by Gasteiger charge is -2.36. The third kappa shape index (κ3) is 4.34. The van der Waals surface area contributed by atoms with Crippen LogP contribution in [0.3, 0.4) is 0 Å². The van der Waals surface area contributed by atoms with Gasteiger partial charge in [-0.15, -0.1) is 0 Å². The molecule has 1 heterocycles. The van der Waals surface area contributed by atoms with Crippen LogP contribution in [0.15, 0.2) is 0 Å². The van der Waals surface area contributed by atoms with Gasteiger partial charge in [-0.3, -0.25) is 9.59 Å². The summed E-state index contributed by atoms with van der Waals surface area (Å²) < 4.78 is 0. The highest BCUT2D eigenvalue weighted by Crippen LogP contribution is 2.22. The molecule has 0 aromatic carbocycles. The van der Waals surface area contributed by atoms with E-state index in [9.17, 15) is 14.7 Å². The van der Waals surface area contributed by atoms with Crippen molar-refractivity contribution in [3.8, 4) is 0 Å². The average Bonchev–Trinajstić information content (AvgIpc) is 2.29. The van der Waals surface area contributed by atoms with Crippen LogP contribution in [0, 0.1) is 5.92 Å². The van der Waals surface area contributed by atoms with Crippen LogP contribution in [0.1, 0.15) is 39.0 Å². The van der Waals surface area contributed by atoms with E-state index in [1.165, 1.54) is 0 Å². The molecule has 2 N–H and O–H groups in total. The zero-order chi connectivity index (χ0) is 12.8. The van der Waals surface area contributed by atoms with Crippen LogP contribution in [0.25, 0.3) is 0 Å². The number of carbonyl (C=O) groups excluding carboxylic acids is 1. The van der Waals surface area contributed by atoms with Crippen molar-refractivity contribution >= 4 is 11.9 Å². The van der Waals surface area contributed by atoms with E-state index in [1.54, 1.807) is 4.90 Å². The second kappa shape index (κ2) is 6.59. The molecule has 1 fully saturated rings. The topological polar surface area (TPSA) is 77.8 Å². The zero-order valence-electron chi connectivity index (χ0n) is 10.3. The number of likely N-dealkylation sites (tertiary alicyclic amines) is 1. The molecule has 0 aliphatic carbocycles. The molecular formula is C12H21NO4. The number of nitrogens with zero attached hydrogens (tertiary/aromatic N) is 1. The van der Waals surface area contributed by atoms with Crippen molar-refractivity contribution in [1.82, 2.24) is 4.90 Å². The van der Waals surface area contributed by atoms with E-state index in [4.69, 9.17) is 5.11 Å². The number of aliphatic hydroxyl groups excluding tert-OH is 1. The van der Waals surface area contributed by atoms with Gasteiger partial charge in [0.2, 0.25) is 5.91 Å². The van der Waals surface area contributed by atoms with Crippen LogP contribution in [-0.4, -0.2) is 46.2 Å². The molecule has 1 rings (SSSR count). The number of rotatable bonds is 5. The maximum absolute atomic E-state index is 11.7. The summed E-state index contributed by atoms with van der Waals surface area (Å²) in [5, 5.41) is 18.3. The molecule has 0 unspecified atom stereocenters. The van der Waals surface area contributed by atoms with Crippen LogP contribution in [0.4, 0.5) is 0 Å².